The molecule has 0 unspecified atom stereocenters. The number of fused-ring (bicyclic) bond motifs is 1. The standard InChI is InChI=1S/C14H11ClN2OS2/c15-7-11-8-20-14(17-11)6-13(18)16-10-1-2-12-9(5-10)3-4-19-12/h1-5,8H,6-7H2,(H,16,18). The van der Waals surface area contributed by atoms with Crippen LogP contribution in [0.5, 0.6) is 0 Å². The fourth-order valence-corrected chi connectivity index (χ4v) is 3.67. The zero-order valence-electron chi connectivity index (χ0n) is 10.4. The zero-order chi connectivity index (χ0) is 13.9. The van der Waals surface area contributed by atoms with E-state index in [1.165, 1.54) is 16.0 Å². The van der Waals surface area contributed by atoms with E-state index < -0.39 is 0 Å². The van der Waals surface area contributed by atoms with Crippen molar-refractivity contribution in [3.63, 3.8) is 0 Å². The van der Waals surface area contributed by atoms with Crippen molar-refractivity contribution in [2.24, 2.45) is 0 Å². The molecule has 0 aliphatic rings. The number of rotatable bonds is 4. The Morgan fingerprint density at radius 1 is 1.30 bits per heavy atom. The summed E-state index contributed by atoms with van der Waals surface area (Å²) in [4.78, 5) is 16.3. The molecular weight excluding hydrogens is 312 g/mol. The summed E-state index contributed by atoms with van der Waals surface area (Å²) in [6.07, 6.45) is 0.281. The minimum atomic E-state index is -0.0601. The average molecular weight is 323 g/mol. The van der Waals surface area contributed by atoms with Crippen molar-refractivity contribution in [2.75, 3.05) is 5.32 Å². The van der Waals surface area contributed by atoms with Gasteiger partial charge in [-0.2, -0.15) is 0 Å². The molecule has 0 fully saturated rings. The first-order valence-electron chi connectivity index (χ1n) is 6.01. The third-order valence-corrected chi connectivity index (χ3v) is 4.85. The third kappa shape index (κ3) is 3.00. The monoisotopic (exact) mass is 322 g/mol. The van der Waals surface area contributed by atoms with Gasteiger partial charge in [-0.1, -0.05) is 0 Å². The topological polar surface area (TPSA) is 42.0 Å². The molecule has 0 saturated heterocycles. The summed E-state index contributed by atoms with van der Waals surface area (Å²) in [6.45, 7) is 0. The van der Waals surface area contributed by atoms with Crippen molar-refractivity contribution in [3.05, 3.63) is 45.7 Å². The second-order valence-electron chi connectivity index (χ2n) is 4.26. The third-order valence-electron chi connectivity index (χ3n) is 2.78. The lowest BCUT2D eigenvalue weighted by Crippen LogP contribution is -2.14. The van der Waals surface area contributed by atoms with Gasteiger partial charge in [0.25, 0.3) is 0 Å². The number of aromatic nitrogens is 1. The van der Waals surface area contributed by atoms with Crippen LogP contribution in [0.4, 0.5) is 5.69 Å². The van der Waals surface area contributed by atoms with Crippen LogP contribution < -0.4 is 5.32 Å². The second kappa shape index (κ2) is 5.91. The number of thiophene rings is 1. The van der Waals surface area contributed by atoms with Crippen LogP contribution in [0, 0.1) is 0 Å². The van der Waals surface area contributed by atoms with Crippen LogP contribution in [-0.4, -0.2) is 10.9 Å². The predicted molar refractivity (Wildman–Crippen MR) is 85.8 cm³/mol. The van der Waals surface area contributed by atoms with Gasteiger partial charge in [0.2, 0.25) is 5.91 Å². The Morgan fingerprint density at radius 3 is 3.00 bits per heavy atom. The maximum Gasteiger partial charge on any atom is 0.231 e. The number of benzene rings is 1. The number of alkyl halides is 1. The van der Waals surface area contributed by atoms with Crippen LogP contribution in [-0.2, 0) is 17.1 Å². The van der Waals surface area contributed by atoms with Gasteiger partial charge < -0.3 is 5.32 Å². The van der Waals surface area contributed by atoms with E-state index in [-0.39, 0.29) is 12.3 Å². The molecule has 1 amide bonds. The summed E-state index contributed by atoms with van der Waals surface area (Å²) in [5.41, 5.74) is 1.63. The normalized spacial score (nSPS) is 10.8. The lowest BCUT2D eigenvalue weighted by molar-refractivity contribution is -0.115. The minimum absolute atomic E-state index is 0.0601. The van der Waals surface area contributed by atoms with E-state index in [1.807, 2.05) is 35.0 Å². The summed E-state index contributed by atoms with van der Waals surface area (Å²) >= 11 is 8.85. The molecule has 3 rings (SSSR count). The molecule has 2 aromatic heterocycles. The first-order chi connectivity index (χ1) is 9.74. The van der Waals surface area contributed by atoms with E-state index in [0.717, 1.165) is 21.8 Å². The van der Waals surface area contributed by atoms with E-state index in [9.17, 15) is 4.79 Å². The molecule has 20 heavy (non-hydrogen) atoms. The first kappa shape index (κ1) is 13.5. The molecule has 1 N–H and O–H groups in total. The Kier molecular flexibility index (Phi) is 4.00. The van der Waals surface area contributed by atoms with E-state index in [2.05, 4.69) is 10.3 Å². The lowest BCUT2D eigenvalue weighted by atomic mass is 10.2. The van der Waals surface area contributed by atoms with Gasteiger partial charge in [-0.25, -0.2) is 4.98 Å². The van der Waals surface area contributed by atoms with Crippen molar-refractivity contribution in [1.82, 2.24) is 4.98 Å². The molecule has 1 aromatic carbocycles. The van der Waals surface area contributed by atoms with Crippen LogP contribution in [0.2, 0.25) is 0 Å². The van der Waals surface area contributed by atoms with E-state index in [1.54, 1.807) is 11.3 Å². The van der Waals surface area contributed by atoms with Crippen LogP contribution >= 0.6 is 34.3 Å². The Bertz CT molecular complexity index is 750. The molecule has 3 aromatic rings. The van der Waals surface area contributed by atoms with Gasteiger partial charge in [0.05, 0.1) is 18.0 Å². The number of amides is 1. The predicted octanol–water partition coefficient (Wildman–Crippen LogP) is 4.28. The molecule has 0 aliphatic heterocycles. The van der Waals surface area contributed by atoms with Crippen molar-refractivity contribution in [1.29, 1.82) is 0 Å². The highest BCUT2D eigenvalue weighted by Gasteiger charge is 2.08. The number of thiazole rings is 1. The Hall–Kier alpha value is -1.43. The van der Waals surface area contributed by atoms with Crippen molar-refractivity contribution >= 4 is 56.0 Å². The number of nitrogens with one attached hydrogen (secondary N) is 1. The molecule has 0 bridgehead atoms. The van der Waals surface area contributed by atoms with Crippen LogP contribution in [0.25, 0.3) is 10.1 Å². The highest BCUT2D eigenvalue weighted by atomic mass is 35.5. The summed E-state index contributed by atoms with van der Waals surface area (Å²) in [7, 11) is 0. The smallest absolute Gasteiger partial charge is 0.231 e. The number of halogens is 1. The molecule has 6 heteroatoms. The molecule has 3 nitrogen and oxygen atoms in total. The maximum atomic E-state index is 12.0. The van der Waals surface area contributed by atoms with Gasteiger partial charge in [0, 0.05) is 15.8 Å². The summed E-state index contributed by atoms with van der Waals surface area (Å²) in [6, 6.07) is 7.96. The average Bonchev–Trinajstić information content (AvgIpc) is 3.06. The molecule has 0 atom stereocenters. The Labute approximate surface area is 129 Å². The van der Waals surface area contributed by atoms with Crippen LogP contribution in [0.3, 0.4) is 0 Å². The van der Waals surface area contributed by atoms with Gasteiger partial charge in [0.1, 0.15) is 5.01 Å². The molecule has 0 radical (unpaired) electrons. The number of carbonyl (C=O) groups excluding carboxylic acids is 1. The Morgan fingerprint density at radius 2 is 2.20 bits per heavy atom. The summed E-state index contributed by atoms with van der Waals surface area (Å²) in [5.74, 6) is 0.322. The first-order valence-corrected chi connectivity index (χ1v) is 8.30. The fourth-order valence-electron chi connectivity index (χ4n) is 1.88. The number of carbonyl (C=O) groups is 1. The van der Waals surface area contributed by atoms with Crippen LogP contribution in [0.15, 0.2) is 35.0 Å². The summed E-state index contributed by atoms with van der Waals surface area (Å²) in [5, 5.41) is 8.75. The number of nitrogens with zero attached hydrogens (tertiary/aromatic N) is 1. The molecule has 0 saturated carbocycles. The maximum absolute atomic E-state index is 12.0. The van der Waals surface area contributed by atoms with Gasteiger partial charge in [-0.15, -0.1) is 34.3 Å². The fraction of sp³-hybridized carbons (Fsp3) is 0.143. The summed E-state index contributed by atoms with van der Waals surface area (Å²) < 4.78 is 1.22. The SMILES string of the molecule is O=C(Cc1nc(CCl)cs1)Nc1ccc2sccc2c1. The van der Waals surface area contributed by atoms with E-state index in [0.29, 0.717) is 5.88 Å². The molecule has 102 valence electrons. The molecular formula is C14H11ClN2OS2. The van der Waals surface area contributed by atoms with Crippen molar-refractivity contribution in [3.8, 4) is 0 Å². The largest absolute Gasteiger partial charge is 0.326 e. The molecule has 2 heterocycles. The van der Waals surface area contributed by atoms with Gasteiger partial charge in [0.15, 0.2) is 0 Å². The number of hydrogen-bond acceptors (Lipinski definition) is 4. The van der Waals surface area contributed by atoms with Crippen molar-refractivity contribution in [2.45, 2.75) is 12.3 Å². The van der Waals surface area contributed by atoms with E-state index >= 15 is 0 Å². The van der Waals surface area contributed by atoms with Crippen LogP contribution in [0.1, 0.15) is 10.7 Å². The van der Waals surface area contributed by atoms with Gasteiger partial charge in [-0.05, 0) is 35.0 Å². The van der Waals surface area contributed by atoms with Gasteiger partial charge >= 0.3 is 0 Å². The van der Waals surface area contributed by atoms with Crippen molar-refractivity contribution < 1.29 is 4.79 Å². The highest BCUT2D eigenvalue weighted by molar-refractivity contribution is 7.17. The number of anilines is 1. The molecule has 0 aliphatic carbocycles. The minimum Gasteiger partial charge on any atom is -0.326 e. The quantitative estimate of drug-likeness (QED) is 0.728. The zero-order valence-corrected chi connectivity index (χ0v) is 12.8. The number of hydrogen-bond donors (Lipinski definition) is 1. The van der Waals surface area contributed by atoms with E-state index in [4.69, 9.17) is 11.6 Å². The second-order valence-corrected chi connectivity index (χ2v) is 6.42. The highest BCUT2D eigenvalue weighted by Crippen LogP contribution is 2.24. The molecule has 0 spiro atoms. The van der Waals surface area contributed by atoms with Gasteiger partial charge in [-0.3, -0.25) is 4.79 Å². The Balaban J connectivity index is 1.68. The lowest BCUT2D eigenvalue weighted by Gasteiger charge is -2.04.